The van der Waals surface area contributed by atoms with Crippen LogP contribution in [0.3, 0.4) is 0 Å². The molecule has 7 heteroatoms. The number of anilines is 1. The van der Waals surface area contributed by atoms with E-state index in [0.29, 0.717) is 10.8 Å². The van der Waals surface area contributed by atoms with Gasteiger partial charge in [-0.25, -0.2) is 9.78 Å². The summed E-state index contributed by atoms with van der Waals surface area (Å²) in [6, 6.07) is 11.4. The van der Waals surface area contributed by atoms with Crippen molar-refractivity contribution >= 4 is 23.4 Å². The molecule has 0 aliphatic carbocycles. The predicted molar refractivity (Wildman–Crippen MR) is 101 cm³/mol. The Balaban J connectivity index is 1.59. The van der Waals surface area contributed by atoms with Crippen molar-refractivity contribution in [1.82, 2.24) is 9.88 Å². The van der Waals surface area contributed by atoms with Crippen LogP contribution in [-0.2, 0) is 11.3 Å². The van der Waals surface area contributed by atoms with Gasteiger partial charge in [0.05, 0.1) is 5.02 Å². The van der Waals surface area contributed by atoms with E-state index in [9.17, 15) is 4.79 Å². The van der Waals surface area contributed by atoms with Crippen LogP contribution in [0.2, 0.25) is 5.02 Å². The summed E-state index contributed by atoms with van der Waals surface area (Å²) in [5, 5.41) is 9.69. The zero-order chi connectivity index (χ0) is 18.5. The average Bonchev–Trinajstić information content (AvgIpc) is 2.64. The lowest BCUT2D eigenvalue weighted by Gasteiger charge is -2.35. The number of nitrogens with zero attached hydrogens (tertiary/aromatic N) is 3. The molecule has 1 aromatic carbocycles. The van der Waals surface area contributed by atoms with Crippen molar-refractivity contribution < 1.29 is 14.6 Å². The van der Waals surface area contributed by atoms with Crippen molar-refractivity contribution in [2.75, 3.05) is 31.1 Å². The highest BCUT2D eigenvalue weighted by atomic mass is 35.5. The van der Waals surface area contributed by atoms with E-state index >= 15 is 0 Å². The minimum absolute atomic E-state index is 0.629. The Morgan fingerprint density at radius 2 is 1.96 bits per heavy atom. The zero-order valence-corrected chi connectivity index (χ0v) is 15.4. The second-order valence-corrected chi connectivity index (χ2v) is 6.74. The molecule has 1 aromatic heterocycles. The number of hydrogen-bond acceptors (Lipinski definition) is 5. The Bertz CT molecular complexity index is 746. The normalized spacial score (nSPS) is 16.3. The average molecular weight is 376 g/mol. The molecule has 3 rings (SSSR count). The third-order valence-electron chi connectivity index (χ3n) is 4.43. The SMILES string of the molecule is CC(Oc1ccccc1CN1CCN(c2ccc(Cl)cn2)CC1)C(=O)O. The molecule has 0 radical (unpaired) electrons. The fraction of sp³-hybridized carbons (Fsp3) is 0.368. The fourth-order valence-corrected chi connectivity index (χ4v) is 3.03. The van der Waals surface area contributed by atoms with Crippen LogP contribution in [-0.4, -0.2) is 53.2 Å². The van der Waals surface area contributed by atoms with Gasteiger partial charge in [0.25, 0.3) is 0 Å². The van der Waals surface area contributed by atoms with E-state index in [1.165, 1.54) is 6.92 Å². The summed E-state index contributed by atoms with van der Waals surface area (Å²) in [6.45, 7) is 5.81. The molecule has 0 amide bonds. The molecule has 6 nitrogen and oxygen atoms in total. The lowest BCUT2D eigenvalue weighted by atomic mass is 10.1. The van der Waals surface area contributed by atoms with Gasteiger partial charge in [0.15, 0.2) is 6.10 Å². The number of carboxylic acid groups (broad SMARTS) is 1. The molecule has 1 saturated heterocycles. The minimum atomic E-state index is -0.969. The number of rotatable bonds is 6. The molecule has 0 saturated carbocycles. The Labute approximate surface area is 158 Å². The van der Waals surface area contributed by atoms with Gasteiger partial charge in [-0.3, -0.25) is 4.90 Å². The molecule has 1 aliphatic heterocycles. The van der Waals surface area contributed by atoms with Crippen LogP contribution in [0, 0.1) is 0 Å². The molecule has 26 heavy (non-hydrogen) atoms. The highest BCUT2D eigenvalue weighted by molar-refractivity contribution is 6.30. The number of benzene rings is 1. The molecule has 2 aromatic rings. The minimum Gasteiger partial charge on any atom is -0.479 e. The van der Waals surface area contributed by atoms with Crippen molar-refractivity contribution in [1.29, 1.82) is 0 Å². The van der Waals surface area contributed by atoms with Crippen LogP contribution >= 0.6 is 11.6 Å². The van der Waals surface area contributed by atoms with Crippen molar-refractivity contribution in [3.8, 4) is 5.75 Å². The predicted octanol–water partition coefficient (Wildman–Crippen LogP) is 2.91. The second kappa shape index (κ2) is 8.38. The van der Waals surface area contributed by atoms with Crippen molar-refractivity contribution in [2.45, 2.75) is 19.6 Å². The third-order valence-corrected chi connectivity index (χ3v) is 4.65. The number of piperazine rings is 1. The summed E-state index contributed by atoms with van der Waals surface area (Å²) in [5.74, 6) is 0.598. The molecule has 1 N–H and O–H groups in total. The van der Waals surface area contributed by atoms with Gasteiger partial charge in [0.1, 0.15) is 11.6 Å². The monoisotopic (exact) mass is 375 g/mol. The molecule has 1 fully saturated rings. The fourth-order valence-electron chi connectivity index (χ4n) is 2.92. The van der Waals surface area contributed by atoms with Gasteiger partial charge >= 0.3 is 5.97 Å². The first-order valence-corrected chi connectivity index (χ1v) is 8.97. The van der Waals surface area contributed by atoms with Gasteiger partial charge in [0, 0.05) is 44.5 Å². The van der Waals surface area contributed by atoms with Crippen LogP contribution < -0.4 is 9.64 Å². The number of para-hydroxylation sites is 1. The maximum absolute atomic E-state index is 11.0. The number of ether oxygens (including phenoxy) is 1. The molecule has 1 unspecified atom stereocenters. The zero-order valence-electron chi connectivity index (χ0n) is 14.6. The number of carbonyl (C=O) groups is 1. The Kier molecular flexibility index (Phi) is 5.96. The molecule has 1 atom stereocenters. The Morgan fingerprint density at radius 1 is 1.23 bits per heavy atom. The molecule has 1 aliphatic rings. The van der Waals surface area contributed by atoms with Crippen LogP contribution in [0.15, 0.2) is 42.6 Å². The van der Waals surface area contributed by atoms with Gasteiger partial charge in [0.2, 0.25) is 0 Å². The maximum Gasteiger partial charge on any atom is 0.344 e. The summed E-state index contributed by atoms with van der Waals surface area (Å²) in [5.41, 5.74) is 0.999. The number of halogens is 1. The van der Waals surface area contributed by atoms with Gasteiger partial charge in [-0.15, -0.1) is 0 Å². The summed E-state index contributed by atoms with van der Waals surface area (Å²) in [6.07, 6.45) is 0.796. The Morgan fingerprint density at radius 3 is 2.62 bits per heavy atom. The van der Waals surface area contributed by atoms with Crippen molar-refractivity contribution in [3.05, 3.63) is 53.2 Å². The van der Waals surface area contributed by atoms with Crippen LogP contribution in [0.5, 0.6) is 5.75 Å². The van der Waals surface area contributed by atoms with Crippen LogP contribution in [0.1, 0.15) is 12.5 Å². The van der Waals surface area contributed by atoms with Crippen LogP contribution in [0.25, 0.3) is 0 Å². The first kappa shape index (κ1) is 18.5. The Hall–Kier alpha value is -2.31. The maximum atomic E-state index is 11.0. The van der Waals surface area contributed by atoms with E-state index in [-0.39, 0.29) is 0 Å². The first-order valence-electron chi connectivity index (χ1n) is 8.59. The smallest absolute Gasteiger partial charge is 0.344 e. The van der Waals surface area contributed by atoms with Crippen LogP contribution in [0.4, 0.5) is 5.82 Å². The van der Waals surface area contributed by atoms with E-state index in [2.05, 4.69) is 14.8 Å². The van der Waals surface area contributed by atoms with E-state index in [4.69, 9.17) is 21.4 Å². The molecule has 138 valence electrons. The highest BCUT2D eigenvalue weighted by Gasteiger charge is 2.20. The molecule has 2 heterocycles. The molecule has 0 spiro atoms. The first-order chi connectivity index (χ1) is 12.5. The summed E-state index contributed by atoms with van der Waals surface area (Å²) in [4.78, 5) is 20.0. The molecular weight excluding hydrogens is 354 g/mol. The largest absolute Gasteiger partial charge is 0.479 e. The van der Waals surface area contributed by atoms with Gasteiger partial charge in [-0.05, 0) is 25.1 Å². The topological polar surface area (TPSA) is 65.9 Å². The lowest BCUT2D eigenvalue weighted by Crippen LogP contribution is -2.46. The number of aliphatic carboxylic acids is 1. The molecule has 0 bridgehead atoms. The number of carboxylic acids is 1. The highest BCUT2D eigenvalue weighted by Crippen LogP contribution is 2.23. The third kappa shape index (κ3) is 4.65. The standard InChI is InChI=1S/C19H22ClN3O3/c1-14(19(24)25)26-17-5-3-2-4-15(17)13-22-8-10-23(11-9-22)18-7-6-16(20)12-21-18/h2-7,12,14H,8-11,13H2,1H3,(H,24,25). The van der Waals surface area contributed by atoms with Crippen molar-refractivity contribution in [3.63, 3.8) is 0 Å². The molecular formula is C19H22ClN3O3. The summed E-state index contributed by atoms with van der Waals surface area (Å²) >= 11 is 5.90. The summed E-state index contributed by atoms with van der Waals surface area (Å²) < 4.78 is 5.59. The number of hydrogen-bond donors (Lipinski definition) is 1. The van der Waals surface area contributed by atoms with E-state index in [0.717, 1.165) is 44.1 Å². The lowest BCUT2D eigenvalue weighted by molar-refractivity contribution is -0.144. The van der Waals surface area contributed by atoms with Crippen molar-refractivity contribution in [2.24, 2.45) is 0 Å². The number of aromatic nitrogens is 1. The van der Waals surface area contributed by atoms with E-state index < -0.39 is 12.1 Å². The van der Waals surface area contributed by atoms with Gasteiger partial charge < -0.3 is 14.7 Å². The number of pyridine rings is 1. The summed E-state index contributed by atoms with van der Waals surface area (Å²) in [7, 11) is 0. The van der Waals surface area contributed by atoms with E-state index in [1.807, 2.05) is 36.4 Å². The van der Waals surface area contributed by atoms with Gasteiger partial charge in [-0.1, -0.05) is 29.8 Å². The van der Waals surface area contributed by atoms with E-state index in [1.54, 1.807) is 6.20 Å². The second-order valence-electron chi connectivity index (χ2n) is 6.30. The van der Waals surface area contributed by atoms with Gasteiger partial charge in [-0.2, -0.15) is 0 Å². The quantitative estimate of drug-likeness (QED) is 0.837.